The molecule has 234 valence electrons. The van der Waals surface area contributed by atoms with Gasteiger partial charge in [0.15, 0.2) is 0 Å². The molecule has 0 bridgehead atoms. The second-order valence-electron chi connectivity index (χ2n) is 13.5. The van der Waals surface area contributed by atoms with Crippen molar-refractivity contribution >= 4 is 34.1 Å². The number of benzene rings is 6. The third-order valence-electron chi connectivity index (χ3n) is 9.95. The molecule has 6 aromatic carbocycles. The van der Waals surface area contributed by atoms with Gasteiger partial charge in [0.25, 0.3) is 0 Å². The van der Waals surface area contributed by atoms with E-state index in [-0.39, 0.29) is 5.41 Å². The predicted molar refractivity (Wildman–Crippen MR) is 202 cm³/mol. The number of hydrogen-bond donors (Lipinski definition) is 0. The first kappa shape index (κ1) is 30.6. The lowest BCUT2D eigenvalue weighted by atomic mass is 9.82. The predicted octanol–water partition coefficient (Wildman–Crippen LogP) is 12.7. The second-order valence-corrected chi connectivity index (χ2v) is 13.5. The Morgan fingerprint density at radius 2 is 0.702 bits per heavy atom. The van der Waals surface area contributed by atoms with Crippen LogP contribution in [0.25, 0.3) is 11.1 Å². The molecule has 0 fully saturated rings. The summed E-state index contributed by atoms with van der Waals surface area (Å²) in [5, 5.41) is 0. The van der Waals surface area contributed by atoms with E-state index < -0.39 is 0 Å². The van der Waals surface area contributed by atoms with E-state index in [4.69, 9.17) is 0 Å². The van der Waals surface area contributed by atoms with Gasteiger partial charge in [-0.15, -0.1) is 0 Å². The fraction of sp³-hybridized carbons (Fsp3) is 0.200. The van der Waals surface area contributed by atoms with Crippen LogP contribution in [0.2, 0.25) is 0 Å². The van der Waals surface area contributed by atoms with E-state index in [1.807, 2.05) is 0 Å². The molecule has 0 radical (unpaired) electrons. The van der Waals surface area contributed by atoms with E-state index in [1.54, 1.807) is 0 Å². The highest BCUT2D eigenvalue weighted by Crippen LogP contribution is 2.52. The van der Waals surface area contributed by atoms with Gasteiger partial charge in [-0.2, -0.15) is 0 Å². The standard InChI is InChI=1S/C45H44N2/c1-7-33-13-21-37(22-14-33)47(38-23-15-34(8-2)16-24-38)40-26-28-42-41-27-25-39(29-43(41)45(5,6)44(42)30-40)46(35-17-9-31(3)10-18-35)36-19-11-32(4)12-20-36/h9-30H,7-8H2,1-6H3. The maximum Gasteiger partial charge on any atom is 0.0465 e. The summed E-state index contributed by atoms with van der Waals surface area (Å²) in [7, 11) is 0. The Morgan fingerprint density at radius 1 is 0.404 bits per heavy atom. The molecular formula is C45H44N2. The normalized spacial score (nSPS) is 12.8. The fourth-order valence-corrected chi connectivity index (χ4v) is 7.04. The minimum atomic E-state index is -0.174. The Balaban J connectivity index is 1.32. The number of rotatable bonds is 8. The van der Waals surface area contributed by atoms with Crippen LogP contribution >= 0.6 is 0 Å². The van der Waals surface area contributed by atoms with E-state index in [0.29, 0.717) is 0 Å². The molecule has 0 aliphatic heterocycles. The molecule has 0 aromatic heterocycles. The van der Waals surface area contributed by atoms with Crippen LogP contribution in [0.1, 0.15) is 61.1 Å². The molecule has 0 amide bonds. The first-order chi connectivity index (χ1) is 22.8. The SMILES string of the molecule is CCc1ccc(N(c2ccc(CC)cc2)c2ccc3c(c2)C(C)(C)c2cc(N(c4ccc(C)cc4)c4ccc(C)cc4)ccc2-3)cc1. The molecule has 0 saturated heterocycles. The van der Waals surface area contributed by atoms with Crippen LogP contribution in [0.3, 0.4) is 0 Å². The zero-order chi connectivity index (χ0) is 32.7. The lowest BCUT2D eigenvalue weighted by molar-refractivity contribution is 0.660. The quantitative estimate of drug-likeness (QED) is 0.169. The van der Waals surface area contributed by atoms with Gasteiger partial charge in [0.1, 0.15) is 0 Å². The Hall–Kier alpha value is -5.08. The minimum Gasteiger partial charge on any atom is -0.310 e. The monoisotopic (exact) mass is 612 g/mol. The fourth-order valence-electron chi connectivity index (χ4n) is 7.04. The molecule has 0 heterocycles. The average molecular weight is 613 g/mol. The van der Waals surface area contributed by atoms with Crippen LogP contribution in [-0.2, 0) is 18.3 Å². The Morgan fingerprint density at radius 3 is 1.02 bits per heavy atom. The second kappa shape index (κ2) is 12.3. The van der Waals surface area contributed by atoms with Crippen molar-refractivity contribution in [2.45, 2.75) is 59.8 Å². The summed E-state index contributed by atoms with van der Waals surface area (Å²) in [5.41, 5.74) is 17.4. The van der Waals surface area contributed by atoms with Crippen molar-refractivity contribution in [3.63, 3.8) is 0 Å². The average Bonchev–Trinajstić information content (AvgIpc) is 3.32. The molecule has 0 unspecified atom stereocenters. The highest BCUT2D eigenvalue weighted by Gasteiger charge is 2.36. The van der Waals surface area contributed by atoms with Crippen molar-refractivity contribution in [1.29, 1.82) is 0 Å². The highest BCUT2D eigenvalue weighted by molar-refractivity contribution is 5.88. The van der Waals surface area contributed by atoms with E-state index >= 15 is 0 Å². The highest BCUT2D eigenvalue weighted by atomic mass is 15.1. The molecule has 47 heavy (non-hydrogen) atoms. The largest absolute Gasteiger partial charge is 0.310 e. The molecule has 2 nitrogen and oxygen atoms in total. The van der Waals surface area contributed by atoms with E-state index in [9.17, 15) is 0 Å². The number of anilines is 6. The summed E-state index contributed by atoms with van der Waals surface area (Å²) in [6, 6.07) is 49.8. The van der Waals surface area contributed by atoms with Crippen LogP contribution in [0.5, 0.6) is 0 Å². The zero-order valence-corrected chi connectivity index (χ0v) is 28.5. The van der Waals surface area contributed by atoms with Gasteiger partial charge in [-0.3, -0.25) is 0 Å². The van der Waals surface area contributed by atoms with Crippen molar-refractivity contribution in [2.24, 2.45) is 0 Å². The molecule has 1 aliphatic rings. The van der Waals surface area contributed by atoms with E-state index in [2.05, 4.69) is 185 Å². The van der Waals surface area contributed by atoms with Gasteiger partial charge in [0.2, 0.25) is 0 Å². The van der Waals surface area contributed by atoms with Crippen LogP contribution < -0.4 is 9.80 Å². The Labute approximate surface area is 281 Å². The topological polar surface area (TPSA) is 6.48 Å². The minimum absolute atomic E-state index is 0.174. The van der Waals surface area contributed by atoms with Crippen LogP contribution in [0.15, 0.2) is 133 Å². The first-order valence-corrected chi connectivity index (χ1v) is 17.0. The number of hydrogen-bond acceptors (Lipinski definition) is 2. The first-order valence-electron chi connectivity index (χ1n) is 17.0. The van der Waals surface area contributed by atoms with Gasteiger partial charge in [-0.1, -0.05) is 99.5 Å². The summed E-state index contributed by atoms with van der Waals surface area (Å²) < 4.78 is 0. The van der Waals surface area contributed by atoms with E-state index in [1.165, 1.54) is 67.3 Å². The molecule has 6 aromatic rings. The lowest BCUT2D eigenvalue weighted by Crippen LogP contribution is -2.17. The maximum absolute atomic E-state index is 2.42. The summed E-state index contributed by atoms with van der Waals surface area (Å²) in [6.07, 6.45) is 2.06. The van der Waals surface area contributed by atoms with Crippen molar-refractivity contribution in [1.82, 2.24) is 0 Å². The Kier molecular flexibility index (Phi) is 7.98. The van der Waals surface area contributed by atoms with Gasteiger partial charge < -0.3 is 9.80 Å². The summed E-state index contributed by atoms with van der Waals surface area (Å²) in [6.45, 7) is 13.5. The van der Waals surface area contributed by atoms with Gasteiger partial charge in [-0.25, -0.2) is 0 Å². The van der Waals surface area contributed by atoms with Crippen LogP contribution in [-0.4, -0.2) is 0 Å². The van der Waals surface area contributed by atoms with Gasteiger partial charge in [0.05, 0.1) is 0 Å². The molecule has 0 spiro atoms. The molecular weight excluding hydrogens is 569 g/mol. The Bertz CT molecular complexity index is 1920. The molecule has 0 saturated carbocycles. The zero-order valence-electron chi connectivity index (χ0n) is 28.5. The van der Waals surface area contributed by atoms with Crippen molar-refractivity contribution in [3.8, 4) is 11.1 Å². The third-order valence-corrected chi connectivity index (χ3v) is 9.95. The molecule has 0 N–H and O–H groups in total. The summed E-state index contributed by atoms with van der Waals surface area (Å²) in [4.78, 5) is 4.78. The van der Waals surface area contributed by atoms with Crippen molar-refractivity contribution in [2.75, 3.05) is 9.80 Å². The summed E-state index contributed by atoms with van der Waals surface area (Å²) in [5.74, 6) is 0. The van der Waals surface area contributed by atoms with Gasteiger partial charge >= 0.3 is 0 Å². The van der Waals surface area contributed by atoms with Crippen molar-refractivity contribution in [3.05, 3.63) is 167 Å². The maximum atomic E-state index is 2.42. The summed E-state index contributed by atoms with van der Waals surface area (Å²) >= 11 is 0. The molecule has 1 aliphatic carbocycles. The van der Waals surface area contributed by atoms with Gasteiger partial charge in [-0.05, 0) is 133 Å². The molecule has 7 rings (SSSR count). The van der Waals surface area contributed by atoms with E-state index in [0.717, 1.165) is 24.2 Å². The van der Waals surface area contributed by atoms with Crippen molar-refractivity contribution < 1.29 is 0 Å². The number of nitrogens with zero attached hydrogens (tertiary/aromatic N) is 2. The van der Waals surface area contributed by atoms with Gasteiger partial charge in [0, 0.05) is 39.5 Å². The number of fused-ring (bicyclic) bond motifs is 3. The molecule has 2 heteroatoms. The lowest BCUT2D eigenvalue weighted by Gasteiger charge is -2.29. The molecule has 0 atom stereocenters. The smallest absolute Gasteiger partial charge is 0.0465 e. The number of aryl methyl sites for hydroxylation is 4. The third kappa shape index (κ3) is 5.63. The van der Waals surface area contributed by atoms with Crippen LogP contribution in [0.4, 0.5) is 34.1 Å². The van der Waals surface area contributed by atoms with Crippen LogP contribution in [0, 0.1) is 13.8 Å².